The zero-order valence-corrected chi connectivity index (χ0v) is 8.41. The number of likely N-dealkylation sites (tertiary alicyclic amines) is 1. The van der Waals surface area contributed by atoms with Crippen molar-refractivity contribution in [3.05, 3.63) is 0 Å². The molecule has 1 rings (SSSR count). The fourth-order valence-corrected chi connectivity index (χ4v) is 1.62. The molecule has 1 fully saturated rings. The molecule has 1 atom stereocenters. The maximum Gasteiger partial charge on any atom is 0.224 e. The second-order valence-corrected chi connectivity index (χ2v) is 3.63. The first-order valence-electron chi connectivity index (χ1n) is 5.09. The summed E-state index contributed by atoms with van der Waals surface area (Å²) in [6.07, 6.45) is 1.41. The number of amides is 1. The van der Waals surface area contributed by atoms with Crippen LogP contribution in [-0.4, -0.2) is 54.7 Å². The van der Waals surface area contributed by atoms with E-state index in [1.54, 1.807) is 0 Å². The number of carbonyl (C=O) groups excluding carboxylic acids is 1. The Morgan fingerprint density at radius 1 is 1.57 bits per heavy atom. The van der Waals surface area contributed by atoms with E-state index in [-0.39, 0.29) is 18.6 Å². The maximum absolute atomic E-state index is 11.3. The molecule has 1 aliphatic rings. The molecule has 5 nitrogen and oxygen atoms in total. The summed E-state index contributed by atoms with van der Waals surface area (Å²) in [6.45, 7) is 3.07. The highest BCUT2D eigenvalue weighted by Crippen LogP contribution is 2.08. The smallest absolute Gasteiger partial charge is 0.224 e. The Hall–Kier alpha value is -0.650. The molecular weight excluding hydrogens is 182 g/mol. The zero-order valence-electron chi connectivity index (χ0n) is 8.41. The van der Waals surface area contributed by atoms with Crippen molar-refractivity contribution in [3.8, 4) is 0 Å². The van der Waals surface area contributed by atoms with Gasteiger partial charge in [-0.05, 0) is 13.0 Å². The van der Waals surface area contributed by atoms with E-state index in [9.17, 15) is 4.79 Å². The summed E-state index contributed by atoms with van der Waals surface area (Å²) in [5.41, 5.74) is 5.66. The van der Waals surface area contributed by atoms with Crippen LogP contribution >= 0.6 is 0 Å². The lowest BCUT2D eigenvalue weighted by molar-refractivity contribution is -0.127. The number of aliphatic hydroxyl groups excluding tert-OH is 1. The third-order valence-electron chi connectivity index (χ3n) is 2.31. The van der Waals surface area contributed by atoms with E-state index in [2.05, 4.69) is 5.32 Å². The number of nitrogens with zero attached hydrogens (tertiary/aromatic N) is 1. The van der Waals surface area contributed by atoms with Gasteiger partial charge in [0.05, 0.1) is 6.61 Å². The SMILES string of the molecule is NC1CC(=O)N(CCCNCCO)C1. The topological polar surface area (TPSA) is 78.6 Å². The van der Waals surface area contributed by atoms with Gasteiger partial charge in [0.15, 0.2) is 0 Å². The van der Waals surface area contributed by atoms with Crippen LogP contribution in [0.3, 0.4) is 0 Å². The summed E-state index contributed by atoms with van der Waals surface area (Å²) >= 11 is 0. The molecular formula is C9H19N3O2. The Morgan fingerprint density at radius 2 is 2.36 bits per heavy atom. The van der Waals surface area contributed by atoms with E-state index in [4.69, 9.17) is 10.8 Å². The molecule has 4 N–H and O–H groups in total. The van der Waals surface area contributed by atoms with Crippen molar-refractivity contribution < 1.29 is 9.90 Å². The number of aliphatic hydroxyl groups is 1. The number of rotatable bonds is 6. The van der Waals surface area contributed by atoms with E-state index < -0.39 is 0 Å². The molecule has 0 aromatic carbocycles. The third-order valence-corrected chi connectivity index (χ3v) is 2.31. The van der Waals surface area contributed by atoms with Crippen molar-refractivity contribution >= 4 is 5.91 Å². The first-order chi connectivity index (χ1) is 6.74. The lowest BCUT2D eigenvalue weighted by Gasteiger charge is -2.15. The van der Waals surface area contributed by atoms with Crippen molar-refractivity contribution in [2.24, 2.45) is 5.73 Å². The number of hydrogen-bond acceptors (Lipinski definition) is 4. The van der Waals surface area contributed by atoms with Gasteiger partial charge >= 0.3 is 0 Å². The molecule has 1 aliphatic heterocycles. The van der Waals surface area contributed by atoms with Crippen LogP contribution in [0.2, 0.25) is 0 Å². The quantitative estimate of drug-likeness (QED) is 0.458. The van der Waals surface area contributed by atoms with Crippen LogP contribution in [0.1, 0.15) is 12.8 Å². The average molecular weight is 201 g/mol. The Balaban J connectivity index is 2.04. The van der Waals surface area contributed by atoms with Crippen LogP contribution < -0.4 is 11.1 Å². The van der Waals surface area contributed by atoms with Crippen LogP contribution in [0.4, 0.5) is 0 Å². The van der Waals surface area contributed by atoms with Gasteiger partial charge in [-0.2, -0.15) is 0 Å². The molecule has 1 amide bonds. The lowest BCUT2D eigenvalue weighted by Crippen LogP contribution is -2.31. The van der Waals surface area contributed by atoms with Crippen LogP contribution in [0.5, 0.6) is 0 Å². The van der Waals surface area contributed by atoms with Crippen molar-refractivity contribution in [1.29, 1.82) is 0 Å². The molecule has 0 bridgehead atoms. The van der Waals surface area contributed by atoms with Gasteiger partial charge in [-0.1, -0.05) is 0 Å². The fraction of sp³-hybridized carbons (Fsp3) is 0.889. The van der Waals surface area contributed by atoms with Gasteiger partial charge in [-0.3, -0.25) is 4.79 Å². The minimum Gasteiger partial charge on any atom is -0.395 e. The van der Waals surface area contributed by atoms with Crippen molar-refractivity contribution in [2.75, 3.05) is 32.8 Å². The predicted octanol–water partition coefficient (Wildman–Crippen LogP) is -1.48. The van der Waals surface area contributed by atoms with E-state index >= 15 is 0 Å². The number of nitrogens with two attached hydrogens (primary N) is 1. The molecule has 0 radical (unpaired) electrons. The highest BCUT2D eigenvalue weighted by molar-refractivity contribution is 5.79. The molecule has 0 aliphatic carbocycles. The summed E-state index contributed by atoms with van der Waals surface area (Å²) in [5, 5.41) is 11.6. The summed E-state index contributed by atoms with van der Waals surface area (Å²) < 4.78 is 0. The van der Waals surface area contributed by atoms with E-state index in [1.807, 2.05) is 4.90 Å². The third kappa shape index (κ3) is 3.61. The van der Waals surface area contributed by atoms with E-state index in [0.717, 1.165) is 19.5 Å². The maximum atomic E-state index is 11.3. The number of carbonyl (C=O) groups is 1. The molecule has 1 heterocycles. The summed E-state index contributed by atoms with van der Waals surface area (Å²) in [4.78, 5) is 13.1. The first kappa shape index (κ1) is 11.4. The summed E-state index contributed by atoms with van der Waals surface area (Å²) in [6, 6.07) is 0.0212. The summed E-state index contributed by atoms with van der Waals surface area (Å²) in [7, 11) is 0. The van der Waals surface area contributed by atoms with Crippen LogP contribution in [0.15, 0.2) is 0 Å². The van der Waals surface area contributed by atoms with Gasteiger partial charge in [0, 0.05) is 32.1 Å². The van der Waals surface area contributed by atoms with Gasteiger partial charge < -0.3 is 21.1 Å². The second-order valence-electron chi connectivity index (χ2n) is 3.63. The van der Waals surface area contributed by atoms with E-state index in [0.29, 0.717) is 19.5 Å². The second kappa shape index (κ2) is 5.95. The minimum absolute atomic E-state index is 0.0212. The van der Waals surface area contributed by atoms with Crippen LogP contribution in [0.25, 0.3) is 0 Å². The lowest BCUT2D eigenvalue weighted by atomic mass is 10.3. The van der Waals surface area contributed by atoms with Crippen molar-refractivity contribution in [2.45, 2.75) is 18.9 Å². The molecule has 0 aromatic rings. The zero-order chi connectivity index (χ0) is 10.4. The predicted molar refractivity (Wildman–Crippen MR) is 53.7 cm³/mol. The largest absolute Gasteiger partial charge is 0.395 e. The first-order valence-corrected chi connectivity index (χ1v) is 5.09. The molecule has 0 saturated carbocycles. The highest BCUT2D eigenvalue weighted by Gasteiger charge is 2.25. The normalized spacial score (nSPS) is 22.0. The van der Waals surface area contributed by atoms with Gasteiger partial charge in [-0.25, -0.2) is 0 Å². The Kier molecular flexibility index (Phi) is 4.86. The van der Waals surface area contributed by atoms with Crippen molar-refractivity contribution in [3.63, 3.8) is 0 Å². The monoisotopic (exact) mass is 201 g/mol. The number of hydrogen-bond donors (Lipinski definition) is 3. The average Bonchev–Trinajstić information content (AvgIpc) is 2.45. The molecule has 5 heteroatoms. The number of nitrogens with one attached hydrogen (secondary N) is 1. The molecule has 0 aromatic heterocycles. The molecule has 1 saturated heterocycles. The van der Waals surface area contributed by atoms with E-state index in [1.165, 1.54) is 0 Å². The molecule has 0 spiro atoms. The van der Waals surface area contributed by atoms with Crippen LogP contribution in [0, 0.1) is 0 Å². The van der Waals surface area contributed by atoms with Gasteiger partial charge in [0.2, 0.25) is 5.91 Å². The van der Waals surface area contributed by atoms with Crippen LogP contribution in [-0.2, 0) is 4.79 Å². The van der Waals surface area contributed by atoms with Gasteiger partial charge in [0.1, 0.15) is 0 Å². The van der Waals surface area contributed by atoms with Crippen molar-refractivity contribution in [1.82, 2.24) is 10.2 Å². The van der Waals surface area contributed by atoms with Gasteiger partial charge in [-0.15, -0.1) is 0 Å². The van der Waals surface area contributed by atoms with Gasteiger partial charge in [0.25, 0.3) is 0 Å². The Bertz CT molecular complexity index is 187. The molecule has 1 unspecified atom stereocenters. The summed E-state index contributed by atoms with van der Waals surface area (Å²) in [5.74, 6) is 0.166. The molecule has 14 heavy (non-hydrogen) atoms. The Morgan fingerprint density at radius 3 is 2.93 bits per heavy atom. The minimum atomic E-state index is 0.0212. The Labute approximate surface area is 84.3 Å². The fourth-order valence-electron chi connectivity index (χ4n) is 1.62. The highest BCUT2D eigenvalue weighted by atomic mass is 16.3. The molecule has 82 valence electrons. The standard InChI is InChI=1S/C9H19N3O2/c10-8-6-9(14)12(7-8)4-1-2-11-3-5-13/h8,11,13H,1-7,10H2.